The predicted octanol–water partition coefficient (Wildman–Crippen LogP) is 2.74. The first-order chi connectivity index (χ1) is 16.1. The Balaban J connectivity index is 1.86. The van der Waals surface area contributed by atoms with E-state index in [1.807, 2.05) is 6.07 Å². The molecule has 1 aliphatic heterocycles. The fraction of sp³-hybridized carbons (Fsp3) is 0.429. The number of nitrogens with zero attached hydrogens (tertiary/aromatic N) is 5. The van der Waals surface area contributed by atoms with E-state index in [0.29, 0.717) is 13.5 Å². The number of alkyl halides is 3. The molecule has 3 aromatic rings. The minimum atomic E-state index is -5.06. The molecule has 2 atom stereocenters. The predicted molar refractivity (Wildman–Crippen MR) is 113 cm³/mol. The van der Waals surface area contributed by atoms with E-state index in [9.17, 15) is 27.9 Å². The Morgan fingerprint density at radius 2 is 2.12 bits per heavy atom. The summed E-state index contributed by atoms with van der Waals surface area (Å²) in [5, 5.41) is 29.9. The van der Waals surface area contributed by atoms with Crippen LogP contribution in [-0.2, 0) is 5.60 Å². The molecule has 3 aromatic heterocycles. The van der Waals surface area contributed by atoms with E-state index in [0.717, 1.165) is 43.1 Å². The topological polar surface area (TPSA) is 120 Å². The second-order valence-electron chi connectivity index (χ2n) is 8.06. The van der Waals surface area contributed by atoms with E-state index in [-0.39, 0.29) is 40.2 Å². The van der Waals surface area contributed by atoms with Gasteiger partial charge in [0.1, 0.15) is 34.7 Å². The molecule has 0 spiro atoms. The third kappa shape index (κ3) is 4.10. The van der Waals surface area contributed by atoms with E-state index in [4.69, 9.17) is 4.74 Å². The van der Waals surface area contributed by atoms with E-state index < -0.39 is 23.3 Å². The highest BCUT2D eigenvalue weighted by molar-refractivity contribution is 5.66. The SMILES string of the molecule is COc1cc2ncc(-c3nc(NC4CCCNC4)c(C#N)cc3F)n2nc1C(C)(O)C(F)(F)F. The molecule has 0 aliphatic carbocycles. The number of pyridine rings is 1. The molecule has 2 unspecified atom stereocenters. The number of aliphatic hydroxyl groups is 1. The van der Waals surface area contributed by atoms with Gasteiger partial charge in [-0.2, -0.15) is 23.5 Å². The van der Waals surface area contributed by atoms with Gasteiger partial charge < -0.3 is 20.5 Å². The van der Waals surface area contributed by atoms with Crippen molar-refractivity contribution in [2.24, 2.45) is 0 Å². The van der Waals surface area contributed by atoms with Crippen LogP contribution in [0.4, 0.5) is 23.4 Å². The molecule has 0 amide bonds. The van der Waals surface area contributed by atoms with Crippen LogP contribution in [-0.4, -0.2) is 57.1 Å². The number of nitriles is 1. The third-order valence-corrected chi connectivity index (χ3v) is 5.67. The van der Waals surface area contributed by atoms with Crippen LogP contribution in [0, 0.1) is 17.1 Å². The quantitative estimate of drug-likeness (QED) is 0.478. The van der Waals surface area contributed by atoms with Crippen molar-refractivity contribution in [3.05, 3.63) is 35.4 Å². The molecule has 34 heavy (non-hydrogen) atoms. The lowest BCUT2D eigenvalue weighted by Gasteiger charge is -2.27. The van der Waals surface area contributed by atoms with Gasteiger partial charge in [0, 0.05) is 18.7 Å². The zero-order valence-electron chi connectivity index (χ0n) is 18.2. The van der Waals surface area contributed by atoms with Crippen LogP contribution >= 0.6 is 0 Å². The first-order valence-corrected chi connectivity index (χ1v) is 10.4. The first-order valence-electron chi connectivity index (χ1n) is 10.4. The van der Waals surface area contributed by atoms with Crippen molar-refractivity contribution in [1.29, 1.82) is 5.26 Å². The zero-order valence-corrected chi connectivity index (χ0v) is 18.2. The number of imidazole rings is 1. The van der Waals surface area contributed by atoms with Gasteiger partial charge in [-0.15, -0.1) is 0 Å². The van der Waals surface area contributed by atoms with Gasteiger partial charge in [-0.3, -0.25) is 0 Å². The highest BCUT2D eigenvalue weighted by atomic mass is 19.4. The van der Waals surface area contributed by atoms with Crippen LogP contribution in [0.1, 0.15) is 31.0 Å². The van der Waals surface area contributed by atoms with Gasteiger partial charge in [0.2, 0.25) is 5.60 Å². The molecule has 1 fully saturated rings. The van der Waals surface area contributed by atoms with Crippen molar-refractivity contribution in [1.82, 2.24) is 24.9 Å². The lowest BCUT2D eigenvalue weighted by Crippen LogP contribution is -2.40. The Morgan fingerprint density at radius 1 is 1.35 bits per heavy atom. The second-order valence-corrected chi connectivity index (χ2v) is 8.06. The molecule has 180 valence electrons. The van der Waals surface area contributed by atoms with Gasteiger partial charge in [0.05, 0.1) is 18.9 Å². The molecule has 3 N–H and O–H groups in total. The summed E-state index contributed by atoms with van der Waals surface area (Å²) in [5.74, 6) is -1.08. The largest absolute Gasteiger partial charge is 0.495 e. The lowest BCUT2D eigenvalue weighted by molar-refractivity contribution is -0.261. The number of rotatable bonds is 5. The molecule has 4 rings (SSSR count). The Bertz CT molecular complexity index is 1260. The Morgan fingerprint density at radius 3 is 2.74 bits per heavy atom. The summed E-state index contributed by atoms with van der Waals surface area (Å²) in [5.41, 5.74) is -4.49. The normalized spacial score (nSPS) is 18.4. The Labute approximate surface area is 191 Å². The molecule has 1 aliphatic rings. The van der Waals surface area contributed by atoms with Gasteiger partial charge in [-0.05, 0) is 32.4 Å². The number of anilines is 1. The van der Waals surface area contributed by atoms with Gasteiger partial charge in [-0.1, -0.05) is 0 Å². The number of halogens is 4. The van der Waals surface area contributed by atoms with Gasteiger partial charge in [-0.25, -0.2) is 18.9 Å². The number of piperidine rings is 1. The fourth-order valence-electron chi connectivity index (χ4n) is 3.72. The van der Waals surface area contributed by atoms with Crippen LogP contribution < -0.4 is 15.4 Å². The number of ether oxygens (including phenoxy) is 1. The van der Waals surface area contributed by atoms with E-state index in [1.165, 1.54) is 6.20 Å². The molecule has 9 nitrogen and oxygen atoms in total. The first kappa shape index (κ1) is 23.7. The monoisotopic (exact) mass is 479 g/mol. The maximum Gasteiger partial charge on any atom is 0.422 e. The van der Waals surface area contributed by atoms with Crippen molar-refractivity contribution < 1.29 is 27.4 Å². The minimum absolute atomic E-state index is 0.0176. The van der Waals surface area contributed by atoms with Crippen LogP contribution in [0.5, 0.6) is 5.75 Å². The summed E-state index contributed by atoms with van der Waals surface area (Å²) in [6.07, 6.45) is -2.14. The van der Waals surface area contributed by atoms with Gasteiger partial charge in [0.25, 0.3) is 0 Å². The summed E-state index contributed by atoms with van der Waals surface area (Å²) in [6, 6.07) is 4.01. The molecular weight excluding hydrogens is 458 g/mol. The number of hydrogen-bond donors (Lipinski definition) is 3. The maximum atomic E-state index is 15.0. The highest BCUT2D eigenvalue weighted by Crippen LogP contribution is 2.41. The smallest absolute Gasteiger partial charge is 0.422 e. The summed E-state index contributed by atoms with van der Waals surface area (Å²) in [4.78, 5) is 8.33. The average molecular weight is 479 g/mol. The molecule has 0 aromatic carbocycles. The van der Waals surface area contributed by atoms with E-state index in [2.05, 4.69) is 25.7 Å². The molecule has 13 heteroatoms. The van der Waals surface area contributed by atoms with E-state index >= 15 is 0 Å². The van der Waals surface area contributed by atoms with Crippen molar-refractivity contribution in [3.8, 4) is 23.2 Å². The van der Waals surface area contributed by atoms with Crippen molar-refractivity contribution in [3.63, 3.8) is 0 Å². The van der Waals surface area contributed by atoms with Crippen molar-refractivity contribution in [2.75, 3.05) is 25.5 Å². The van der Waals surface area contributed by atoms with Crippen LogP contribution in [0.15, 0.2) is 18.3 Å². The van der Waals surface area contributed by atoms with Crippen molar-refractivity contribution in [2.45, 2.75) is 37.6 Å². The second kappa shape index (κ2) is 8.69. The molecule has 0 bridgehead atoms. The van der Waals surface area contributed by atoms with Crippen LogP contribution in [0.2, 0.25) is 0 Å². The summed E-state index contributed by atoms with van der Waals surface area (Å²) in [6.45, 7) is 2.04. The van der Waals surface area contributed by atoms with Gasteiger partial charge in [0.15, 0.2) is 11.5 Å². The zero-order chi connectivity index (χ0) is 24.7. The summed E-state index contributed by atoms with van der Waals surface area (Å²) >= 11 is 0. The summed E-state index contributed by atoms with van der Waals surface area (Å²) < 4.78 is 61.5. The summed E-state index contributed by atoms with van der Waals surface area (Å²) in [7, 11) is 1.13. The minimum Gasteiger partial charge on any atom is -0.495 e. The lowest BCUT2D eigenvalue weighted by atomic mass is 10.0. The fourth-order valence-corrected chi connectivity index (χ4v) is 3.72. The van der Waals surface area contributed by atoms with Gasteiger partial charge >= 0.3 is 6.18 Å². The Hall–Kier alpha value is -3.50. The molecule has 0 saturated carbocycles. The highest BCUT2D eigenvalue weighted by Gasteiger charge is 2.54. The van der Waals surface area contributed by atoms with Crippen LogP contribution in [0.3, 0.4) is 0 Å². The van der Waals surface area contributed by atoms with Crippen LogP contribution in [0.25, 0.3) is 17.0 Å². The molecule has 4 heterocycles. The molecular formula is C21H21F4N7O2. The Kier molecular flexibility index (Phi) is 6.05. The number of hydrogen-bond acceptors (Lipinski definition) is 8. The number of nitrogens with one attached hydrogen (secondary N) is 2. The van der Waals surface area contributed by atoms with E-state index in [1.54, 1.807) is 0 Å². The molecule has 0 radical (unpaired) electrons. The maximum absolute atomic E-state index is 15.0. The average Bonchev–Trinajstić information content (AvgIpc) is 3.21. The number of fused-ring (bicyclic) bond motifs is 1. The molecule has 1 saturated heterocycles. The van der Waals surface area contributed by atoms with Crippen molar-refractivity contribution >= 4 is 11.5 Å². The standard InChI is InChI=1S/C21H21F4N7O2/c1-20(33,21(23,24)25)18-15(34-2)7-16-28-10-14(32(16)31-18)17-13(22)6-11(8-26)19(30-17)29-12-4-3-5-27-9-12/h6-7,10,12,27,33H,3-5,9H2,1-2H3,(H,29,30). The third-order valence-electron chi connectivity index (χ3n) is 5.67. The number of methoxy groups -OCH3 is 1. The number of aromatic nitrogens is 4.